The first-order chi connectivity index (χ1) is 9.34. The van der Waals surface area contributed by atoms with Crippen molar-refractivity contribution < 1.29 is 17.9 Å². The molecular formula is C12H16ClFN2O3S. The molecule has 1 aromatic carbocycles. The van der Waals surface area contributed by atoms with Crippen LogP contribution in [-0.2, 0) is 10.0 Å². The maximum atomic E-state index is 13.3. The molecule has 1 aromatic rings. The molecule has 1 aliphatic rings. The van der Waals surface area contributed by atoms with E-state index in [0.717, 1.165) is 12.1 Å². The van der Waals surface area contributed by atoms with Gasteiger partial charge in [0.2, 0.25) is 10.0 Å². The molecule has 0 aromatic heterocycles. The zero-order chi connectivity index (χ0) is 14.9. The van der Waals surface area contributed by atoms with E-state index in [0.29, 0.717) is 13.1 Å². The quantitative estimate of drug-likeness (QED) is 0.893. The smallest absolute Gasteiger partial charge is 0.243 e. The van der Waals surface area contributed by atoms with E-state index in [1.165, 1.54) is 10.4 Å². The van der Waals surface area contributed by atoms with Crippen LogP contribution < -0.4 is 0 Å². The minimum absolute atomic E-state index is 0.0262. The van der Waals surface area contributed by atoms with Crippen LogP contribution in [0.5, 0.6) is 0 Å². The van der Waals surface area contributed by atoms with E-state index in [1.807, 2.05) is 11.9 Å². The zero-order valence-electron chi connectivity index (χ0n) is 11.0. The lowest BCUT2D eigenvalue weighted by atomic mass is 10.2. The zero-order valence-corrected chi connectivity index (χ0v) is 12.5. The molecule has 8 heteroatoms. The van der Waals surface area contributed by atoms with Crippen molar-refractivity contribution in [2.75, 3.05) is 33.3 Å². The largest absolute Gasteiger partial charge is 0.395 e. The highest BCUT2D eigenvalue weighted by atomic mass is 35.5. The molecule has 1 unspecified atom stereocenters. The number of hydrogen-bond acceptors (Lipinski definition) is 4. The van der Waals surface area contributed by atoms with Crippen molar-refractivity contribution >= 4 is 21.6 Å². The molecular weight excluding hydrogens is 307 g/mol. The number of sulfonamides is 1. The average molecular weight is 323 g/mol. The summed E-state index contributed by atoms with van der Waals surface area (Å²) in [5.74, 6) is -0.703. The van der Waals surface area contributed by atoms with Crippen LogP contribution in [0, 0.1) is 5.82 Å². The Morgan fingerprint density at radius 2 is 2.10 bits per heavy atom. The van der Waals surface area contributed by atoms with Gasteiger partial charge in [-0.05, 0) is 25.2 Å². The number of benzene rings is 1. The number of aliphatic hydroxyl groups excluding tert-OH is 1. The van der Waals surface area contributed by atoms with E-state index >= 15 is 0 Å². The van der Waals surface area contributed by atoms with Crippen molar-refractivity contribution in [3.8, 4) is 0 Å². The summed E-state index contributed by atoms with van der Waals surface area (Å²) in [5.41, 5.74) is 0. The van der Waals surface area contributed by atoms with Crippen molar-refractivity contribution in [1.29, 1.82) is 0 Å². The molecule has 1 atom stereocenters. The summed E-state index contributed by atoms with van der Waals surface area (Å²) in [7, 11) is -2.02. The number of rotatable bonds is 3. The normalized spacial score (nSPS) is 22.1. The van der Waals surface area contributed by atoms with Crippen molar-refractivity contribution in [2.45, 2.75) is 10.9 Å². The first-order valence-corrected chi connectivity index (χ1v) is 7.93. The molecule has 20 heavy (non-hydrogen) atoms. The lowest BCUT2D eigenvalue weighted by Crippen LogP contribution is -2.55. The maximum Gasteiger partial charge on any atom is 0.243 e. The molecule has 2 rings (SSSR count). The molecule has 1 saturated heterocycles. The highest BCUT2D eigenvalue weighted by Gasteiger charge is 2.35. The molecule has 112 valence electrons. The van der Waals surface area contributed by atoms with E-state index in [-0.39, 0.29) is 23.1 Å². The van der Waals surface area contributed by atoms with Gasteiger partial charge in [0.15, 0.2) is 0 Å². The summed E-state index contributed by atoms with van der Waals surface area (Å²) in [6, 6.07) is 2.66. The lowest BCUT2D eigenvalue weighted by Gasteiger charge is -2.38. The van der Waals surface area contributed by atoms with Gasteiger partial charge < -0.3 is 10.0 Å². The lowest BCUT2D eigenvalue weighted by molar-refractivity contribution is 0.107. The van der Waals surface area contributed by atoms with Gasteiger partial charge in [-0.1, -0.05) is 11.6 Å². The minimum Gasteiger partial charge on any atom is -0.395 e. The molecule has 1 N–H and O–H groups in total. The van der Waals surface area contributed by atoms with Crippen LogP contribution >= 0.6 is 11.6 Å². The number of hydrogen-bond donors (Lipinski definition) is 1. The Bertz CT molecular complexity index is 576. The molecule has 0 saturated carbocycles. The summed E-state index contributed by atoms with van der Waals surface area (Å²) in [6.07, 6.45) is 0. The molecule has 0 aliphatic carbocycles. The second-order valence-corrected chi connectivity index (χ2v) is 7.15. The Hall–Kier alpha value is -0.730. The molecule has 0 spiro atoms. The van der Waals surface area contributed by atoms with Gasteiger partial charge in [0.05, 0.1) is 17.5 Å². The standard InChI is InChI=1S/C12H16ClFN2O3S/c1-15-2-3-16(11(7-15)8-17)20(18,19)12-5-9(13)4-10(14)6-12/h4-6,11,17H,2-3,7-8H2,1H3. The number of likely N-dealkylation sites (N-methyl/N-ethyl adjacent to an activating group) is 1. The third kappa shape index (κ3) is 3.12. The Balaban J connectivity index is 2.38. The molecule has 5 nitrogen and oxygen atoms in total. The Morgan fingerprint density at radius 3 is 2.70 bits per heavy atom. The maximum absolute atomic E-state index is 13.3. The van der Waals surface area contributed by atoms with Crippen molar-refractivity contribution in [1.82, 2.24) is 9.21 Å². The Labute approximate surface area is 122 Å². The van der Waals surface area contributed by atoms with Gasteiger partial charge in [-0.2, -0.15) is 4.31 Å². The third-order valence-corrected chi connectivity index (χ3v) is 5.43. The third-order valence-electron chi connectivity index (χ3n) is 3.29. The van der Waals surface area contributed by atoms with Gasteiger partial charge in [-0.25, -0.2) is 12.8 Å². The van der Waals surface area contributed by atoms with E-state index in [1.54, 1.807) is 0 Å². The molecule has 1 aliphatic heterocycles. The predicted molar refractivity (Wildman–Crippen MR) is 73.7 cm³/mol. The van der Waals surface area contributed by atoms with Crippen LogP contribution in [-0.4, -0.2) is 62.1 Å². The molecule has 1 fully saturated rings. The molecule has 0 amide bonds. The average Bonchev–Trinajstić information content (AvgIpc) is 2.37. The number of halogens is 2. The summed E-state index contributed by atoms with van der Waals surface area (Å²) < 4.78 is 39.6. The monoisotopic (exact) mass is 322 g/mol. The van der Waals surface area contributed by atoms with Gasteiger partial charge in [-0.15, -0.1) is 0 Å². The topological polar surface area (TPSA) is 60.9 Å². The van der Waals surface area contributed by atoms with Crippen LogP contribution in [0.1, 0.15) is 0 Å². The number of aliphatic hydroxyl groups is 1. The summed E-state index contributed by atoms with van der Waals surface area (Å²) in [4.78, 5) is 1.75. The van der Waals surface area contributed by atoms with Crippen LogP contribution in [0.15, 0.2) is 23.1 Å². The molecule has 0 bridgehead atoms. The van der Waals surface area contributed by atoms with E-state index in [4.69, 9.17) is 11.6 Å². The van der Waals surface area contributed by atoms with Crippen LogP contribution in [0.2, 0.25) is 5.02 Å². The fourth-order valence-electron chi connectivity index (χ4n) is 2.27. The highest BCUT2D eigenvalue weighted by Crippen LogP contribution is 2.24. The SMILES string of the molecule is CN1CCN(S(=O)(=O)c2cc(F)cc(Cl)c2)C(CO)C1. The van der Waals surface area contributed by atoms with Gasteiger partial charge in [0.1, 0.15) is 5.82 Å². The fourth-order valence-corrected chi connectivity index (χ4v) is 4.21. The Morgan fingerprint density at radius 1 is 1.40 bits per heavy atom. The van der Waals surface area contributed by atoms with Crippen LogP contribution in [0.4, 0.5) is 4.39 Å². The van der Waals surface area contributed by atoms with Gasteiger partial charge >= 0.3 is 0 Å². The van der Waals surface area contributed by atoms with Crippen LogP contribution in [0.25, 0.3) is 0 Å². The van der Waals surface area contributed by atoms with Crippen molar-refractivity contribution in [2.24, 2.45) is 0 Å². The second kappa shape index (κ2) is 5.95. The van der Waals surface area contributed by atoms with Gasteiger partial charge in [0, 0.05) is 24.7 Å². The predicted octanol–water partition coefficient (Wildman–Crippen LogP) is 0.776. The first kappa shape index (κ1) is 15.7. The summed E-state index contributed by atoms with van der Waals surface area (Å²) >= 11 is 5.71. The first-order valence-electron chi connectivity index (χ1n) is 6.12. The van der Waals surface area contributed by atoms with Crippen LogP contribution in [0.3, 0.4) is 0 Å². The van der Waals surface area contributed by atoms with Gasteiger partial charge in [-0.3, -0.25) is 0 Å². The highest BCUT2D eigenvalue weighted by molar-refractivity contribution is 7.89. The molecule has 1 heterocycles. The number of nitrogens with zero attached hydrogens (tertiary/aromatic N) is 2. The molecule has 0 radical (unpaired) electrons. The second-order valence-electron chi connectivity index (χ2n) is 4.82. The van der Waals surface area contributed by atoms with Gasteiger partial charge in [0.25, 0.3) is 0 Å². The van der Waals surface area contributed by atoms with E-state index < -0.39 is 21.9 Å². The Kier molecular flexibility index (Phi) is 4.66. The van der Waals surface area contributed by atoms with Crippen molar-refractivity contribution in [3.05, 3.63) is 29.0 Å². The minimum atomic E-state index is -3.87. The summed E-state index contributed by atoms with van der Waals surface area (Å²) in [6.45, 7) is 0.947. The fraction of sp³-hybridized carbons (Fsp3) is 0.500. The summed E-state index contributed by atoms with van der Waals surface area (Å²) in [5, 5.41) is 9.39. The number of piperazine rings is 1. The van der Waals surface area contributed by atoms with E-state index in [9.17, 15) is 17.9 Å². The van der Waals surface area contributed by atoms with E-state index in [2.05, 4.69) is 0 Å². The van der Waals surface area contributed by atoms with Crippen molar-refractivity contribution in [3.63, 3.8) is 0 Å².